The van der Waals surface area contributed by atoms with Gasteiger partial charge in [0.25, 0.3) is 12.4 Å². The maximum atomic E-state index is 12.0. The van der Waals surface area contributed by atoms with Gasteiger partial charge in [0, 0.05) is 18.5 Å². The quantitative estimate of drug-likeness (QED) is 0.404. The predicted molar refractivity (Wildman–Crippen MR) is 120 cm³/mol. The van der Waals surface area contributed by atoms with Crippen molar-refractivity contribution in [2.24, 2.45) is 0 Å². The first-order valence-electron chi connectivity index (χ1n) is 9.69. The molecule has 8 heteroatoms. The minimum absolute atomic E-state index is 0.0617. The molecule has 0 saturated heterocycles. The zero-order chi connectivity index (χ0) is 22.8. The van der Waals surface area contributed by atoms with Crippen LogP contribution in [0.15, 0.2) is 83.9 Å². The van der Waals surface area contributed by atoms with Crippen molar-refractivity contribution in [2.75, 3.05) is 6.61 Å². The van der Waals surface area contributed by atoms with Gasteiger partial charge in [0.15, 0.2) is 6.61 Å². The van der Waals surface area contributed by atoms with Crippen LogP contribution < -0.4 is 15.6 Å². The van der Waals surface area contributed by atoms with E-state index in [1.54, 1.807) is 18.5 Å². The fraction of sp³-hybridized carbons (Fsp3) is 0.0833. The van der Waals surface area contributed by atoms with Crippen LogP contribution >= 0.6 is 0 Å². The summed E-state index contributed by atoms with van der Waals surface area (Å²) < 4.78 is 5.62. The third-order valence-electron chi connectivity index (χ3n) is 4.49. The van der Waals surface area contributed by atoms with Gasteiger partial charge >= 0.3 is 0 Å². The first-order chi connectivity index (χ1) is 15.6. The van der Waals surface area contributed by atoms with Gasteiger partial charge in [-0.1, -0.05) is 24.3 Å². The zero-order valence-electron chi connectivity index (χ0n) is 17.0. The number of ether oxygens (including phenoxy) is 1. The molecular weight excluding hydrogens is 410 g/mol. The van der Waals surface area contributed by atoms with E-state index in [0.717, 1.165) is 27.6 Å². The Morgan fingerprint density at radius 2 is 1.78 bits per heavy atom. The number of fused-ring (bicyclic) bond motifs is 1. The standard InChI is InChI=1S/C23H19N3O3.CH2O2/c27-22-9-7-19(13-25-22)17-4-5-18-12-21(8-6-16(18)11-17)29-15-23(28)26-14-20-3-1-2-10-24-20;2-1-3/h1-13H,14-15H2,(H,25,27)(H,26,28);1H,(H,2,3). The summed E-state index contributed by atoms with van der Waals surface area (Å²) >= 11 is 0. The van der Waals surface area contributed by atoms with E-state index >= 15 is 0 Å². The second kappa shape index (κ2) is 11.1. The minimum Gasteiger partial charge on any atom is -0.484 e. The monoisotopic (exact) mass is 431 g/mol. The topological polar surface area (TPSA) is 121 Å². The largest absolute Gasteiger partial charge is 0.484 e. The molecule has 162 valence electrons. The third-order valence-corrected chi connectivity index (χ3v) is 4.49. The summed E-state index contributed by atoms with van der Waals surface area (Å²) in [4.78, 5) is 38.4. The van der Waals surface area contributed by atoms with Crippen molar-refractivity contribution in [3.8, 4) is 16.9 Å². The highest BCUT2D eigenvalue weighted by atomic mass is 16.5. The van der Waals surface area contributed by atoms with Crippen molar-refractivity contribution in [1.29, 1.82) is 0 Å². The SMILES string of the molecule is O=C(COc1ccc2cc(-c3ccc(=O)[nH]c3)ccc2c1)NCc1ccccn1.O=CO. The van der Waals surface area contributed by atoms with Crippen LogP contribution in [0.1, 0.15) is 5.69 Å². The summed E-state index contributed by atoms with van der Waals surface area (Å²) in [7, 11) is 0. The number of hydrogen-bond acceptors (Lipinski definition) is 5. The first-order valence-corrected chi connectivity index (χ1v) is 9.69. The minimum atomic E-state index is -0.250. The number of carbonyl (C=O) groups excluding carboxylic acids is 1. The van der Waals surface area contributed by atoms with Crippen LogP contribution in [0.2, 0.25) is 0 Å². The number of carboxylic acid groups (broad SMARTS) is 1. The molecule has 0 radical (unpaired) electrons. The summed E-state index contributed by atoms with van der Waals surface area (Å²) in [5, 5.41) is 11.7. The Balaban J connectivity index is 0.000000913. The molecule has 2 heterocycles. The molecule has 4 rings (SSSR count). The number of H-pyrrole nitrogens is 1. The number of carbonyl (C=O) groups is 2. The van der Waals surface area contributed by atoms with Crippen molar-refractivity contribution >= 4 is 23.2 Å². The van der Waals surface area contributed by atoms with Crippen LogP contribution in [-0.2, 0) is 16.1 Å². The number of amides is 1. The highest BCUT2D eigenvalue weighted by molar-refractivity contribution is 5.88. The van der Waals surface area contributed by atoms with Gasteiger partial charge in [-0.15, -0.1) is 0 Å². The number of nitrogens with zero attached hydrogens (tertiary/aromatic N) is 1. The molecule has 0 aliphatic carbocycles. The molecule has 3 N–H and O–H groups in total. The van der Waals surface area contributed by atoms with E-state index < -0.39 is 0 Å². The van der Waals surface area contributed by atoms with Crippen molar-refractivity contribution in [2.45, 2.75) is 6.54 Å². The lowest BCUT2D eigenvalue weighted by molar-refractivity contribution is -0.123. The van der Waals surface area contributed by atoms with Crippen molar-refractivity contribution in [1.82, 2.24) is 15.3 Å². The van der Waals surface area contributed by atoms with Crippen LogP contribution in [0, 0.1) is 0 Å². The average molecular weight is 431 g/mol. The normalized spacial score (nSPS) is 10.0. The molecule has 32 heavy (non-hydrogen) atoms. The molecule has 0 bridgehead atoms. The molecule has 2 aromatic carbocycles. The summed E-state index contributed by atoms with van der Waals surface area (Å²) in [6, 6.07) is 20.6. The van der Waals surface area contributed by atoms with Gasteiger partial charge in [-0.25, -0.2) is 0 Å². The van der Waals surface area contributed by atoms with Crippen molar-refractivity contribution in [3.05, 3.63) is 95.2 Å². The van der Waals surface area contributed by atoms with Crippen LogP contribution in [0.25, 0.3) is 21.9 Å². The highest BCUT2D eigenvalue weighted by Crippen LogP contribution is 2.26. The number of nitrogens with one attached hydrogen (secondary N) is 2. The second-order valence-corrected chi connectivity index (χ2v) is 6.66. The van der Waals surface area contributed by atoms with E-state index in [0.29, 0.717) is 12.3 Å². The molecule has 0 spiro atoms. The fourth-order valence-corrected chi connectivity index (χ4v) is 2.98. The lowest BCUT2D eigenvalue weighted by atomic mass is 10.0. The van der Waals surface area contributed by atoms with Crippen LogP contribution in [0.4, 0.5) is 0 Å². The molecule has 0 unspecified atom stereocenters. The second-order valence-electron chi connectivity index (χ2n) is 6.66. The van der Waals surface area contributed by atoms with E-state index in [1.165, 1.54) is 6.07 Å². The molecule has 2 aromatic heterocycles. The van der Waals surface area contributed by atoms with E-state index in [-0.39, 0.29) is 24.5 Å². The summed E-state index contributed by atoms with van der Waals surface area (Å²) in [6.07, 6.45) is 3.39. The maximum absolute atomic E-state index is 12.0. The molecule has 0 saturated carbocycles. The Kier molecular flexibility index (Phi) is 7.69. The molecular formula is C24H21N3O5. The smallest absolute Gasteiger partial charge is 0.290 e. The number of rotatable bonds is 6. The Labute approximate surface area is 183 Å². The molecule has 8 nitrogen and oxygen atoms in total. The van der Waals surface area contributed by atoms with E-state index in [2.05, 4.69) is 15.3 Å². The number of benzene rings is 2. The lowest BCUT2D eigenvalue weighted by Crippen LogP contribution is -2.28. The molecule has 0 aliphatic rings. The molecule has 1 amide bonds. The number of pyridine rings is 2. The van der Waals surface area contributed by atoms with Crippen LogP contribution in [0.3, 0.4) is 0 Å². The van der Waals surface area contributed by atoms with Gasteiger partial charge in [-0.05, 0) is 58.3 Å². The fourth-order valence-electron chi connectivity index (χ4n) is 2.98. The molecule has 0 atom stereocenters. The third kappa shape index (κ3) is 6.27. The first kappa shape index (κ1) is 22.2. The Morgan fingerprint density at radius 1 is 1.03 bits per heavy atom. The Hall–Kier alpha value is -4.46. The lowest BCUT2D eigenvalue weighted by Gasteiger charge is -2.09. The average Bonchev–Trinajstić information content (AvgIpc) is 2.82. The molecule has 0 aliphatic heterocycles. The van der Waals surface area contributed by atoms with Gasteiger partial charge < -0.3 is 20.1 Å². The van der Waals surface area contributed by atoms with Gasteiger partial charge in [0.1, 0.15) is 5.75 Å². The number of aromatic nitrogens is 2. The van der Waals surface area contributed by atoms with Gasteiger partial charge in [-0.2, -0.15) is 0 Å². The maximum Gasteiger partial charge on any atom is 0.290 e. The Morgan fingerprint density at radius 3 is 2.50 bits per heavy atom. The predicted octanol–water partition coefficient (Wildman–Crippen LogP) is 2.99. The molecule has 4 aromatic rings. The van der Waals surface area contributed by atoms with Crippen LogP contribution in [-0.4, -0.2) is 34.1 Å². The summed E-state index contributed by atoms with van der Waals surface area (Å²) in [5.74, 6) is 0.423. The zero-order valence-corrected chi connectivity index (χ0v) is 17.0. The number of aromatic amines is 1. The van der Waals surface area contributed by atoms with Gasteiger partial charge in [0.05, 0.1) is 12.2 Å². The van der Waals surface area contributed by atoms with Crippen molar-refractivity contribution < 1.29 is 19.4 Å². The van der Waals surface area contributed by atoms with Gasteiger partial charge in [-0.3, -0.25) is 19.4 Å². The van der Waals surface area contributed by atoms with E-state index in [1.807, 2.05) is 54.6 Å². The Bertz CT molecular complexity index is 1230. The summed E-state index contributed by atoms with van der Waals surface area (Å²) in [5.41, 5.74) is 2.62. The van der Waals surface area contributed by atoms with E-state index in [4.69, 9.17) is 14.6 Å². The number of hydrogen-bond donors (Lipinski definition) is 3. The van der Waals surface area contributed by atoms with E-state index in [9.17, 15) is 9.59 Å². The molecule has 0 fully saturated rings. The van der Waals surface area contributed by atoms with Crippen molar-refractivity contribution in [3.63, 3.8) is 0 Å². The van der Waals surface area contributed by atoms with Gasteiger partial charge in [0.2, 0.25) is 5.56 Å². The summed E-state index contributed by atoms with van der Waals surface area (Å²) in [6.45, 7) is 0.0576. The highest BCUT2D eigenvalue weighted by Gasteiger charge is 2.05. The van der Waals surface area contributed by atoms with Crippen LogP contribution in [0.5, 0.6) is 5.75 Å².